The van der Waals surface area contributed by atoms with Crippen molar-refractivity contribution in [3.63, 3.8) is 0 Å². The third-order valence-corrected chi connectivity index (χ3v) is 1.57. The molecule has 12 heavy (non-hydrogen) atoms. The van der Waals surface area contributed by atoms with Crippen LogP contribution in [0, 0.1) is 6.92 Å². The van der Waals surface area contributed by atoms with Crippen LogP contribution in [0.25, 0.3) is 0 Å². The first kappa shape index (κ1) is 8.59. The predicted octanol–water partition coefficient (Wildman–Crippen LogP) is 1.57. The number of ether oxygens (including phenoxy) is 1. The van der Waals surface area contributed by atoms with Crippen molar-refractivity contribution in [1.82, 2.24) is 0 Å². The summed E-state index contributed by atoms with van der Waals surface area (Å²) in [5.74, 6) is 0.683. The van der Waals surface area contributed by atoms with E-state index in [0.29, 0.717) is 17.8 Å². The number of hydrogen-bond acceptors (Lipinski definition) is 2. The van der Waals surface area contributed by atoms with Crippen molar-refractivity contribution in [2.24, 2.45) is 0 Å². The van der Waals surface area contributed by atoms with Gasteiger partial charge in [0.1, 0.15) is 5.75 Å². The van der Waals surface area contributed by atoms with Gasteiger partial charge in [-0.05, 0) is 24.6 Å². The van der Waals surface area contributed by atoms with Crippen LogP contribution in [0.15, 0.2) is 18.2 Å². The fraction of sp³-hybridized carbons (Fsp3) is 0.222. The summed E-state index contributed by atoms with van der Waals surface area (Å²) in [6.45, 7) is 1.97. The molecule has 1 amide bonds. The lowest BCUT2D eigenvalue weighted by atomic mass is 10.2. The van der Waals surface area contributed by atoms with Crippen molar-refractivity contribution in [3.05, 3.63) is 23.8 Å². The van der Waals surface area contributed by atoms with Crippen LogP contribution >= 0.6 is 0 Å². The lowest BCUT2D eigenvalue weighted by molar-refractivity contribution is -0.105. The van der Waals surface area contributed by atoms with Gasteiger partial charge in [0.05, 0.1) is 12.8 Å². The van der Waals surface area contributed by atoms with Crippen LogP contribution < -0.4 is 10.1 Å². The fourth-order valence-electron chi connectivity index (χ4n) is 0.981. The van der Waals surface area contributed by atoms with E-state index in [4.69, 9.17) is 4.74 Å². The van der Waals surface area contributed by atoms with Gasteiger partial charge >= 0.3 is 0 Å². The molecule has 3 nitrogen and oxygen atoms in total. The van der Waals surface area contributed by atoms with Crippen LogP contribution in [0.2, 0.25) is 0 Å². The highest BCUT2D eigenvalue weighted by atomic mass is 16.5. The Balaban J connectivity index is 3.01. The van der Waals surface area contributed by atoms with Crippen LogP contribution in [0.5, 0.6) is 5.75 Å². The second-order valence-corrected chi connectivity index (χ2v) is 2.47. The zero-order valence-corrected chi connectivity index (χ0v) is 7.13. The third kappa shape index (κ3) is 1.75. The van der Waals surface area contributed by atoms with Crippen molar-refractivity contribution in [2.75, 3.05) is 12.4 Å². The minimum atomic E-state index is 0.632. The summed E-state index contributed by atoms with van der Waals surface area (Å²) in [5.41, 5.74) is 1.79. The molecule has 1 rings (SSSR count). The van der Waals surface area contributed by atoms with Crippen molar-refractivity contribution in [1.29, 1.82) is 0 Å². The second-order valence-electron chi connectivity index (χ2n) is 2.47. The van der Waals surface area contributed by atoms with E-state index in [1.165, 1.54) is 0 Å². The van der Waals surface area contributed by atoms with E-state index >= 15 is 0 Å². The van der Waals surface area contributed by atoms with Gasteiger partial charge in [-0.2, -0.15) is 0 Å². The van der Waals surface area contributed by atoms with Gasteiger partial charge in [0.25, 0.3) is 0 Å². The van der Waals surface area contributed by atoms with E-state index < -0.39 is 0 Å². The van der Waals surface area contributed by atoms with Crippen molar-refractivity contribution >= 4 is 12.1 Å². The molecule has 0 atom stereocenters. The summed E-state index contributed by atoms with van der Waals surface area (Å²) >= 11 is 0. The highest BCUT2D eigenvalue weighted by Gasteiger charge is 2.00. The Labute approximate surface area is 71.4 Å². The maximum atomic E-state index is 10.2. The summed E-state index contributed by atoms with van der Waals surface area (Å²) in [4.78, 5) is 10.2. The number of amides is 1. The van der Waals surface area contributed by atoms with E-state index in [1.54, 1.807) is 7.11 Å². The molecule has 0 heterocycles. The van der Waals surface area contributed by atoms with Crippen molar-refractivity contribution in [2.45, 2.75) is 6.92 Å². The van der Waals surface area contributed by atoms with Gasteiger partial charge in [0.15, 0.2) is 0 Å². The van der Waals surface area contributed by atoms with Gasteiger partial charge in [-0.15, -0.1) is 0 Å². The molecule has 0 saturated carbocycles. The number of anilines is 1. The molecular formula is C9H11NO2. The minimum Gasteiger partial charge on any atom is -0.495 e. The molecule has 1 aromatic rings. The van der Waals surface area contributed by atoms with Crippen LogP contribution in [0.3, 0.4) is 0 Å². The number of methoxy groups -OCH3 is 1. The van der Waals surface area contributed by atoms with E-state index in [9.17, 15) is 4.79 Å². The van der Waals surface area contributed by atoms with Gasteiger partial charge < -0.3 is 10.1 Å². The van der Waals surface area contributed by atoms with Crippen LogP contribution in [0.4, 0.5) is 5.69 Å². The molecule has 0 fully saturated rings. The van der Waals surface area contributed by atoms with Gasteiger partial charge in [-0.25, -0.2) is 0 Å². The molecule has 0 bridgehead atoms. The Bertz CT molecular complexity index is 284. The van der Waals surface area contributed by atoms with E-state index in [2.05, 4.69) is 5.32 Å². The first-order chi connectivity index (χ1) is 5.77. The topological polar surface area (TPSA) is 38.3 Å². The zero-order chi connectivity index (χ0) is 8.97. The maximum absolute atomic E-state index is 10.2. The largest absolute Gasteiger partial charge is 0.495 e. The van der Waals surface area contributed by atoms with Crippen molar-refractivity contribution in [3.8, 4) is 5.75 Å². The maximum Gasteiger partial charge on any atom is 0.211 e. The molecule has 0 radical (unpaired) electrons. The lowest BCUT2D eigenvalue weighted by Gasteiger charge is -2.06. The Morgan fingerprint density at radius 1 is 1.50 bits per heavy atom. The summed E-state index contributed by atoms with van der Waals surface area (Å²) in [5, 5.41) is 2.55. The van der Waals surface area contributed by atoms with Crippen LogP contribution in [0.1, 0.15) is 5.56 Å². The molecule has 0 spiro atoms. The summed E-state index contributed by atoms with van der Waals surface area (Å²) in [6, 6.07) is 5.59. The number of carbonyl (C=O) groups is 1. The molecular weight excluding hydrogens is 154 g/mol. The smallest absolute Gasteiger partial charge is 0.211 e. The van der Waals surface area contributed by atoms with Gasteiger partial charge in [-0.3, -0.25) is 4.79 Å². The SMILES string of the molecule is COc1cc(C)ccc1NC=O. The number of carbonyl (C=O) groups excluding carboxylic acids is 1. The third-order valence-electron chi connectivity index (χ3n) is 1.57. The average Bonchev–Trinajstić information content (AvgIpc) is 2.08. The molecule has 0 unspecified atom stereocenters. The monoisotopic (exact) mass is 165 g/mol. The highest BCUT2D eigenvalue weighted by molar-refractivity contribution is 5.75. The fourth-order valence-corrected chi connectivity index (χ4v) is 0.981. The van der Waals surface area contributed by atoms with Crippen LogP contribution in [-0.2, 0) is 4.79 Å². The Morgan fingerprint density at radius 3 is 2.83 bits per heavy atom. The molecule has 1 N–H and O–H groups in total. The Morgan fingerprint density at radius 2 is 2.25 bits per heavy atom. The van der Waals surface area contributed by atoms with Crippen molar-refractivity contribution < 1.29 is 9.53 Å². The number of aryl methyl sites for hydroxylation is 1. The Hall–Kier alpha value is -1.51. The molecule has 1 aromatic carbocycles. The number of nitrogens with one attached hydrogen (secondary N) is 1. The van der Waals surface area contributed by atoms with E-state index in [-0.39, 0.29) is 0 Å². The lowest BCUT2D eigenvalue weighted by Crippen LogP contribution is -1.97. The summed E-state index contributed by atoms with van der Waals surface area (Å²) in [7, 11) is 1.57. The molecule has 0 aromatic heterocycles. The minimum absolute atomic E-state index is 0.632. The number of hydrogen-bond donors (Lipinski definition) is 1. The van der Waals surface area contributed by atoms with E-state index in [1.807, 2.05) is 25.1 Å². The zero-order valence-electron chi connectivity index (χ0n) is 7.13. The van der Waals surface area contributed by atoms with E-state index in [0.717, 1.165) is 5.56 Å². The first-order valence-corrected chi connectivity index (χ1v) is 3.62. The van der Waals surface area contributed by atoms with Gasteiger partial charge in [0.2, 0.25) is 6.41 Å². The normalized spacial score (nSPS) is 9.17. The average molecular weight is 165 g/mol. The summed E-state index contributed by atoms with van der Waals surface area (Å²) in [6.07, 6.45) is 0.632. The standard InChI is InChI=1S/C9H11NO2/c1-7-3-4-8(10-6-11)9(5-7)12-2/h3-6H,1-2H3,(H,10,11). The van der Waals surface area contributed by atoms with Gasteiger partial charge in [0, 0.05) is 0 Å². The quantitative estimate of drug-likeness (QED) is 0.690. The Kier molecular flexibility index (Phi) is 2.69. The second kappa shape index (κ2) is 3.76. The molecule has 3 heteroatoms. The number of benzene rings is 1. The molecule has 0 saturated heterocycles. The van der Waals surface area contributed by atoms with Gasteiger partial charge in [-0.1, -0.05) is 6.07 Å². The summed E-state index contributed by atoms with van der Waals surface area (Å²) < 4.78 is 5.06. The molecule has 64 valence electrons. The number of rotatable bonds is 3. The van der Waals surface area contributed by atoms with Crippen LogP contribution in [-0.4, -0.2) is 13.5 Å². The first-order valence-electron chi connectivity index (χ1n) is 3.62. The molecule has 0 aliphatic rings. The highest BCUT2D eigenvalue weighted by Crippen LogP contribution is 2.24. The molecule has 0 aliphatic carbocycles. The predicted molar refractivity (Wildman–Crippen MR) is 47.4 cm³/mol. The molecule has 0 aliphatic heterocycles.